The number of pyridine rings is 4. The average Bonchev–Trinajstić information content (AvgIpc) is 3.54. The second-order valence-corrected chi connectivity index (χ2v) is 12.8. The Morgan fingerprint density at radius 2 is 1.44 bits per heavy atom. The molecular formula is C46H34IrN4O-2. The molecular weight excluding hydrogens is 817 g/mol. The molecule has 9 aromatic rings. The molecule has 0 aliphatic carbocycles. The van der Waals surface area contributed by atoms with E-state index in [0.717, 1.165) is 72.2 Å². The van der Waals surface area contributed by atoms with E-state index in [2.05, 4.69) is 114 Å². The maximum Gasteiger partial charge on any atom is 0.216 e. The Hall–Kier alpha value is -5.81. The van der Waals surface area contributed by atoms with E-state index in [0.29, 0.717) is 5.71 Å². The minimum absolute atomic E-state index is 0. The van der Waals surface area contributed by atoms with E-state index in [9.17, 15) is 0 Å². The van der Waals surface area contributed by atoms with Gasteiger partial charge in [-0.3, -0.25) is 4.98 Å². The van der Waals surface area contributed by atoms with E-state index in [1.165, 1.54) is 22.3 Å². The molecule has 4 aromatic carbocycles. The van der Waals surface area contributed by atoms with Gasteiger partial charge < -0.3 is 14.4 Å². The molecule has 5 nitrogen and oxygen atoms in total. The summed E-state index contributed by atoms with van der Waals surface area (Å²) in [6.07, 6.45) is 5.62. The zero-order valence-corrected chi connectivity index (χ0v) is 31.6. The minimum Gasteiger partial charge on any atom is -0.486 e. The van der Waals surface area contributed by atoms with Crippen LogP contribution in [0.5, 0.6) is 0 Å². The van der Waals surface area contributed by atoms with Crippen LogP contribution in [0.2, 0.25) is 0 Å². The van der Waals surface area contributed by atoms with Gasteiger partial charge in [-0.1, -0.05) is 84.1 Å². The van der Waals surface area contributed by atoms with E-state index < -0.39 is 0 Å². The Kier molecular flexibility index (Phi) is 9.86. The second kappa shape index (κ2) is 14.8. The summed E-state index contributed by atoms with van der Waals surface area (Å²) in [5.74, 6) is 0. The number of nitrogens with zero attached hydrogens (tertiary/aromatic N) is 4. The number of rotatable bonds is 4. The molecule has 1 radical (unpaired) electrons. The van der Waals surface area contributed by atoms with Crippen molar-refractivity contribution in [1.82, 2.24) is 19.9 Å². The fourth-order valence-electron chi connectivity index (χ4n) is 6.39. The average molecular weight is 851 g/mol. The summed E-state index contributed by atoms with van der Waals surface area (Å²) in [5.41, 5.74) is 15.2. The molecule has 0 atom stereocenters. The molecule has 5 heterocycles. The van der Waals surface area contributed by atoms with Crippen LogP contribution in [0.25, 0.3) is 77.7 Å². The first-order chi connectivity index (χ1) is 24.9. The maximum absolute atomic E-state index is 6.16. The third-order valence-electron chi connectivity index (χ3n) is 9.14. The topological polar surface area (TPSA) is 64.7 Å². The number of benzene rings is 4. The van der Waals surface area contributed by atoms with Gasteiger partial charge in [-0.05, 0) is 90.3 Å². The van der Waals surface area contributed by atoms with Crippen molar-refractivity contribution >= 4 is 33.0 Å². The monoisotopic (exact) mass is 851 g/mol. The molecule has 0 fully saturated rings. The van der Waals surface area contributed by atoms with E-state index in [1.807, 2.05) is 74.9 Å². The predicted molar refractivity (Wildman–Crippen MR) is 207 cm³/mol. The van der Waals surface area contributed by atoms with Crippen LogP contribution in [-0.4, -0.2) is 19.9 Å². The minimum atomic E-state index is 0. The molecule has 0 amide bonds. The first kappa shape index (κ1) is 34.6. The van der Waals surface area contributed by atoms with Gasteiger partial charge in [0, 0.05) is 55.2 Å². The van der Waals surface area contributed by atoms with E-state index >= 15 is 0 Å². The van der Waals surface area contributed by atoms with Crippen molar-refractivity contribution in [2.45, 2.75) is 27.7 Å². The molecule has 5 aromatic heterocycles. The summed E-state index contributed by atoms with van der Waals surface area (Å²) >= 11 is 0. The largest absolute Gasteiger partial charge is 0.486 e. The molecule has 9 rings (SSSR count). The standard InChI is InChI=1S/C27H18N3O.C19H16N.Ir/c1-16-15-29-25(14-23(16)18-9-11-24-19(13-18)5-4-12-28-24)22-7-3-6-20-21-10-8-17(2)30-27(21)31-26(20)22;1-14-8-11-19(20-13-14)17-10-9-15(2)18(12-17)16-6-4-3-5-7-16;/h3-6,8-15H,1-2H3;3-9,11-13H,1-2H3;/q2*-1;. The molecule has 255 valence electrons. The molecule has 0 bridgehead atoms. The molecule has 0 spiro atoms. The van der Waals surface area contributed by atoms with Crippen molar-refractivity contribution in [3.63, 3.8) is 0 Å². The zero-order chi connectivity index (χ0) is 34.9. The first-order valence-electron chi connectivity index (χ1n) is 16.9. The maximum atomic E-state index is 6.16. The van der Waals surface area contributed by atoms with Gasteiger partial charge in [0.15, 0.2) is 0 Å². The Labute approximate surface area is 316 Å². The fraction of sp³-hybridized carbons (Fsp3) is 0.0870. The van der Waals surface area contributed by atoms with Gasteiger partial charge >= 0.3 is 0 Å². The van der Waals surface area contributed by atoms with Crippen LogP contribution >= 0.6 is 0 Å². The van der Waals surface area contributed by atoms with Crippen LogP contribution in [0.4, 0.5) is 0 Å². The van der Waals surface area contributed by atoms with Crippen LogP contribution in [0.3, 0.4) is 0 Å². The van der Waals surface area contributed by atoms with Crippen LogP contribution in [0, 0.1) is 39.8 Å². The SMILES string of the molecule is Cc1ccc(-c2[c-]cc(C)c(-c3ccccc3)c2)nc1.Cc1ccc2c(n1)oc1c(-c3cc(-c4ccc5ncccc5c4)c(C)cn3)[c-]ccc12.[Ir]. The smallest absolute Gasteiger partial charge is 0.216 e. The van der Waals surface area contributed by atoms with Crippen molar-refractivity contribution in [2.24, 2.45) is 0 Å². The Bertz CT molecular complexity index is 2680. The third-order valence-corrected chi connectivity index (χ3v) is 9.14. The van der Waals surface area contributed by atoms with E-state index in [4.69, 9.17) is 9.40 Å². The summed E-state index contributed by atoms with van der Waals surface area (Å²) in [6, 6.07) is 45.9. The molecule has 6 heteroatoms. The van der Waals surface area contributed by atoms with Gasteiger partial charge in [-0.2, -0.15) is 0 Å². The van der Waals surface area contributed by atoms with Gasteiger partial charge in [0.2, 0.25) is 5.71 Å². The molecule has 0 aliphatic heterocycles. The molecule has 52 heavy (non-hydrogen) atoms. The Balaban J connectivity index is 0.000000174. The van der Waals surface area contributed by atoms with E-state index in [-0.39, 0.29) is 20.1 Å². The zero-order valence-electron chi connectivity index (χ0n) is 29.2. The predicted octanol–water partition coefficient (Wildman–Crippen LogP) is 11.5. The summed E-state index contributed by atoms with van der Waals surface area (Å²) in [7, 11) is 0. The summed E-state index contributed by atoms with van der Waals surface area (Å²) < 4.78 is 6.16. The summed E-state index contributed by atoms with van der Waals surface area (Å²) in [5, 5.41) is 3.15. The number of aryl methyl sites for hydroxylation is 4. The number of hydrogen-bond donors (Lipinski definition) is 0. The summed E-state index contributed by atoms with van der Waals surface area (Å²) in [6.45, 7) is 8.21. The number of aromatic nitrogens is 4. The van der Waals surface area contributed by atoms with E-state index in [1.54, 1.807) is 0 Å². The van der Waals surface area contributed by atoms with Crippen molar-refractivity contribution in [3.8, 4) is 44.8 Å². The van der Waals surface area contributed by atoms with Crippen LogP contribution in [0.15, 0.2) is 138 Å². The van der Waals surface area contributed by atoms with Gasteiger partial charge in [0.25, 0.3) is 0 Å². The normalized spacial score (nSPS) is 10.9. The van der Waals surface area contributed by atoms with Crippen LogP contribution in [-0.2, 0) is 20.1 Å². The molecule has 0 unspecified atom stereocenters. The fourth-order valence-corrected chi connectivity index (χ4v) is 6.39. The molecule has 0 saturated heterocycles. The van der Waals surface area contributed by atoms with Crippen molar-refractivity contribution < 1.29 is 24.5 Å². The number of hydrogen-bond acceptors (Lipinski definition) is 5. The van der Waals surface area contributed by atoms with Gasteiger partial charge in [-0.15, -0.1) is 47.5 Å². The van der Waals surface area contributed by atoms with Crippen LogP contribution in [0.1, 0.15) is 22.4 Å². The van der Waals surface area contributed by atoms with Gasteiger partial charge in [-0.25, -0.2) is 4.98 Å². The summed E-state index contributed by atoms with van der Waals surface area (Å²) in [4.78, 5) is 18.2. The quantitative estimate of drug-likeness (QED) is 0.165. The molecule has 0 N–H and O–H groups in total. The second-order valence-electron chi connectivity index (χ2n) is 12.8. The Morgan fingerprint density at radius 3 is 2.27 bits per heavy atom. The first-order valence-corrected chi connectivity index (χ1v) is 16.9. The van der Waals surface area contributed by atoms with Gasteiger partial charge in [0.05, 0.1) is 11.1 Å². The number of furan rings is 1. The Morgan fingerprint density at radius 1 is 0.615 bits per heavy atom. The third kappa shape index (κ3) is 6.91. The number of fused-ring (bicyclic) bond motifs is 4. The van der Waals surface area contributed by atoms with Crippen molar-refractivity contribution in [3.05, 3.63) is 168 Å². The van der Waals surface area contributed by atoms with Crippen molar-refractivity contribution in [1.29, 1.82) is 0 Å². The van der Waals surface area contributed by atoms with Crippen molar-refractivity contribution in [2.75, 3.05) is 0 Å². The molecule has 0 aliphatic rings. The van der Waals surface area contributed by atoms with Crippen LogP contribution < -0.4 is 0 Å². The molecule has 0 saturated carbocycles. The van der Waals surface area contributed by atoms with Gasteiger partial charge in [0.1, 0.15) is 0 Å².